The molecule has 3 nitrogen and oxygen atoms in total. The highest BCUT2D eigenvalue weighted by Gasteiger charge is 2.26. The second-order valence-corrected chi connectivity index (χ2v) is 5.64. The van der Waals surface area contributed by atoms with E-state index in [0.29, 0.717) is 11.6 Å². The average Bonchev–Trinajstić information content (AvgIpc) is 2.38. The minimum absolute atomic E-state index is 0.220. The molecule has 1 saturated heterocycles. The van der Waals surface area contributed by atoms with Crippen LogP contribution in [-0.4, -0.2) is 41.8 Å². The number of morpholine rings is 1. The minimum Gasteiger partial charge on any atom is -0.387 e. The van der Waals surface area contributed by atoms with Gasteiger partial charge in [0, 0.05) is 30.2 Å². The fraction of sp³-hybridized carbons (Fsp3) is 0.600. The number of hydrogen-bond acceptors (Lipinski definition) is 3. The monoisotopic (exact) mass is 283 g/mol. The highest BCUT2D eigenvalue weighted by Crippen LogP contribution is 2.24. The molecule has 0 aliphatic carbocycles. The van der Waals surface area contributed by atoms with E-state index < -0.39 is 6.10 Å². The van der Waals surface area contributed by atoms with Crippen molar-refractivity contribution in [3.05, 3.63) is 34.9 Å². The normalized spacial score (nSPS) is 26.3. The van der Waals surface area contributed by atoms with Crippen LogP contribution in [0.1, 0.15) is 31.9 Å². The van der Waals surface area contributed by atoms with Gasteiger partial charge in [0.25, 0.3) is 0 Å². The van der Waals surface area contributed by atoms with Crippen LogP contribution in [0, 0.1) is 0 Å². The molecule has 19 heavy (non-hydrogen) atoms. The lowest BCUT2D eigenvalue weighted by Crippen LogP contribution is -2.47. The van der Waals surface area contributed by atoms with Crippen LogP contribution in [0.4, 0.5) is 0 Å². The maximum atomic E-state index is 10.3. The van der Waals surface area contributed by atoms with Crippen molar-refractivity contribution in [3.8, 4) is 0 Å². The zero-order valence-electron chi connectivity index (χ0n) is 11.6. The molecule has 1 aliphatic rings. The van der Waals surface area contributed by atoms with Crippen molar-refractivity contribution >= 4 is 11.6 Å². The molecular formula is C15H22ClNO2. The summed E-state index contributed by atoms with van der Waals surface area (Å²) in [5.74, 6) is 0. The predicted octanol–water partition coefficient (Wildman–Crippen LogP) is 2.87. The lowest BCUT2D eigenvalue weighted by atomic mass is 10.1. The van der Waals surface area contributed by atoms with Gasteiger partial charge in [-0.25, -0.2) is 0 Å². The largest absolute Gasteiger partial charge is 0.387 e. The second kappa shape index (κ2) is 6.71. The highest BCUT2D eigenvalue weighted by molar-refractivity contribution is 6.31. The third kappa shape index (κ3) is 3.93. The summed E-state index contributed by atoms with van der Waals surface area (Å²) in [5.41, 5.74) is 0.802. The molecule has 1 aromatic carbocycles. The predicted molar refractivity (Wildman–Crippen MR) is 77.5 cm³/mol. The Hall–Kier alpha value is -0.610. The maximum Gasteiger partial charge on any atom is 0.0931 e. The third-order valence-corrected chi connectivity index (χ3v) is 3.90. The number of ether oxygens (including phenoxy) is 1. The van der Waals surface area contributed by atoms with Crippen LogP contribution in [0.5, 0.6) is 0 Å². The standard InChI is InChI=1S/C15H22ClNO2/c1-3-12-9-17(8-11(2)19-12)10-15(18)13-6-4-5-7-14(13)16/h4-7,11-12,15,18H,3,8-10H2,1-2H3. The fourth-order valence-corrected chi connectivity index (χ4v) is 2.87. The zero-order valence-corrected chi connectivity index (χ0v) is 12.3. The first kappa shape index (κ1) is 14.8. The Morgan fingerprint density at radius 3 is 2.84 bits per heavy atom. The topological polar surface area (TPSA) is 32.7 Å². The molecule has 3 atom stereocenters. The molecule has 1 aromatic rings. The maximum absolute atomic E-state index is 10.3. The van der Waals surface area contributed by atoms with Gasteiger partial charge in [-0.15, -0.1) is 0 Å². The van der Waals surface area contributed by atoms with Crippen LogP contribution in [0.3, 0.4) is 0 Å². The van der Waals surface area contributed by atoms with Crippen LogP contribution in [-0.2, 0) is 4.74 Å². The minimum atomic E-state index is -0.545. The molecule has 4 heteroatoms. The van der Waals surface area contributed by atoms with Gasteiger partial charge in [-0.2, -0.15) is 0 Å². The van der Waals surface area contributed by atoms with E-state index in [0.717, 1.165) is 25.1 Å². The van der Waals surface area contributed by atoms with Crippen LogP contribution in [0.15, 0.2) is 24.3 Å². The van der Waals surface area contributed by atoms with E-state index in [1.807, 2.05) is 24.3 Å². The molecule has 0 radical (unpaired) electrons. The summed E-state index contributed by atoms with van der Waals surface area (Å²) in [7, 11) is 0. The molecule has 1 N–H and O–H groups in total. The van der Waals surface area contributed by atoms with Gasteiger partial charge in [-0.05, 0) is 19.4 Å². The van der Waals surface area contributed by atoms with Crippen LogP contribution < -0.4 is 0 Å². The van der Waals surface area contributed by atoms with Crippen molar-refractivity contribution in [3.63, 3.8) is 0 Å². The smallest absolute Gasteiger partial charge is 0.0931 e. The first-order valence-electron chi connectivity index (χ1n) is 6.90. The molecule has 2 rings (SSSR count). The number of halogens is 1. The van der Waals surface area contributed by atoms with Gasteiger partial charge in [0.1, 0.15) is 0 Å². The van der Waals surface area contributed by atoms with Crippen molar-refractivity contribution in [1.29, 1.82) is 0 Å². The Labute approximate surface area is 120 Å². The van der Waals surface area contributed by atoms with E-state index in [1.54, 1.807) is 0 Å². The SMILES string of the molecule is CCC1CN(CC(O)c2ccccc2Cl)CC(C)O1. The number of aliphatic hydroxyl groups excluding tert-OH is 1. The number of hydrogen-bond donors (Lipinski definition) is 1. The van der Waals surface area contributed by atoms with Gasteiger partial charge in [0.05, 0.1) is 18.3 Å². The fourth-order valence-electron chi connectivity index (χ4n) is 2.60. The first-order valence-corrected chi connectivity index (χ1v) is 7.28. The Morgan fingerprint density at radius 2 is 2.16 bits per heavy atom. The van der Waals surface area contributed by atoms with Gasteiger partial charge in [0.15, 0.2) is 0 Å². The third-order valence-electron chi connectivity index (χ3n) is 3.55. The molecule has 1 heterocycles. The quantitative estimate of drug-likeness (QED) is 0.922. The number of nitrogens with zero attached hydrogens (tertiary/aromatic N) is 1. The second-order valence-electron chi connectivity index (χ2n) is 5.23. The number of benzene rings is 1. The number of β-amino-alcohol motifs (C(OH)–C–C–N with tert-alkyl or cyclic N) is 1. The Morgan fingerprint density at radius 1 is 1.42 bits per heavy atom. The van der Waals surface area contributed by atoms with Gasteiger partial charge < -0.3 is 9.84 Å². The van der Waals surface area contributed by atoms with Crippen LogP contribution >= 0.6 is 11.6 Å². The van der Waals surface area contributed by atoms with E-state index in [-0.39, 0.29) is 12.2 Å². The summed E-state index contributed by atoms with van der Waals surface area (Å²) in [5, 5.41) is 11.0. The van der Waals surface area contributed by atoms with Crippen LogP contribution in [0.2, 0.25) is 5.02 Å². The number of aliphatic hydroxyl groups is 1. The summed E-state index contributed by atoms with van der Waals surface area (Å²) in [6.45, 7) is 6.55. The molecule has 0 spiro atoms. The molecule has 0 saturated carbocycles. The highest BCUT2D eigenvalue weighted by atomic mass is 35.5. The van der Waals surface area contributed by atoms with Crippen molar-refractivity contribution in [2.75, 3.05) is 19.6 Å². The molecule has 0 aromatic heterocycles. The van der Waals surface area contributed by atoms with Gasteiger partial charge in [0.2, 0.25) is 0 Å². The average molecular weight is 284 g/mol. The summed E-state index contributed by atoms with van der Waals surface area (Å²) in [4.78, 5) is 2.26. The molecule has 106 valence electrons. The van der Waals surface area contributed by atoms with E-state index >= 15 is 0 Å². The zero-order chi connectivity index (χ0) is 13.8. The molecule has 1 fully saturated rings. The molecule has 0 amide bonds. The van der Waals surface area contributed by atoms with E-state index in [1.165, 1.54) is 0 Å². The summed E-state index contributed by atoms with van der Waals surface area (Å²) in [6.07, 6.45) is 0.944. The molecule has 1 aliphatic heterocycles. The Bertz CT molecular complexity index is 413. The lowest BCUT2D eigenvalue weighted by Gasteiger charge is -2.37. The Balaban J connectivity index is 1.98. The molecule has 0 bridgehead atoms. The van der Waals surface area contributed by atoms with E-state index in [4.69, 9.17) is 16.3 Å². The van der Waals surface area contributed by atoms with E-state index in [2.05, 4.69) is 18.7 Å². The van der Waals surface area contributed by atoms with Gasteiger partial charge in [-0.1, -0.05) is 36.7 Å². The van der Waals surface area contributed by atoms with Gasteiger partial charge in [-0.3, -0.25) is 4.90 Å². The van der Waals surface area contributed by atoms with E-state index in [9.17, 15) is 5.11 Å². The lowest BCUT2D eigenvalue weighted by molar-refractivity contribution is -0.0856. The Kier molecular flexibility index (Phi) is 5.22. The molecular weight excluding hydrogens is 262 g/mol. The summed E-state index contributed by atoms with van der Waals surface area (Å²) in [6, 6.07) is 7.48. The van der Waals surface area contributed by atoms with Crippen molar-refractivity contribution in [2.45, 2.75) is 38.6 Å². The van der Waals surface area contributed by atoms with Crippen LogP contribution in [0.25, 0.3) is 0 Å². The summed E-state index contributed by atoms with van der Waals surface area (Å²) >= 11 is 6.12. The molecule has 3 unspecified atom stereocenters. The first-order chi connectivity index (χ1) is 9.10. The van der Waals surface area contributed by atoms with Gasteiger partial charge >= 0.3 is 0 Å². The van der Waals surface area contributed by atoms with Crippen molar-refractivity contribution in [1.82, 2.24) is 4.90 Å². The summed E-state index contributed by atoms with van der Waals surface area (Å²) < 4.78 is 5.83. The van der Waals surface area contributed by atoms with Crippen molar-refractivity contribution in [2.24, 2.45) is 0 Å². The number of rotatable bonds is 4. The van der Waals surface area contributed by atoms with Crippen molar-refractivity contribution < 1.29 is 9.84 Å².